The van der Waals surface area contributed by atoms with Gasteiger partial charge in [0.1, 0.15) is 17.9 Å². The van der Waals surface area contributed by atoms with E-state index in [-0.39, 0.29) is 12.5 Å². The average molecular weight is 317 g/mol. The zero-order chi connectivity index (χ0) is 16.5. The Hall–Kier alpha value is -0.880. The first-order valence-electron chi connectivity index (χ1n) is 8.14. The summed E-state index contributed by atoms with van der Waals surface area (Å²) in [6, 6.07) is 0. The topological polar surface area (TPSA) is 70.0 Å². The number of hydrogen-bond acceptors (Lipinski definition) is 4. The Morgan fingerprint density at radius 1 is 1.27 bits per heavy atom. The van der Waals surface area contributed by atoms with Crippen LogP contribution in [0, 0.1) is 5.92 Å². The van der Waals surface area contributed by atoms with Gasteiger partial charge in [0.2, 0.25) is 0 Å². The normalized spacial score (nSPS) is 37.0. The summed E-state index contributed by atoms with van der Waals surface area (Å²) in [6.45, 7) is 5.77. The zero-order valence-corrected chi connectivity index (χ0v) is 13.7. The number of halogens is 1. The molecule has 0 aromatic carbocycles. The number of hydrogen-bond donors (Lipinski definition) is 2. The Kier molecular flexibility index (Phi) is 5.02. The van der Waals surface area contributed by atoms with Crippen molar-refractivity contribution in [3.63, 3.8) is 0 Å². The highest BCUT2D eigenvalue weighted by molar-refractivity contribution is 5.68. The van der Waals surface area contributed by atoms with Crippen molar-refractivity contribution in [2.75, 3.05) is 13.1 Å². The molecular weight excluding hydrogens is 289 g/mol. The molecule has 1 aliphatic carbocycles. The molecule has 2 N–H and O–H groups in total. The van der Waals surface area contributed by atoms with Crippen molar-refractivity contribution in [2.24, 2.45) is 5.92 Å². The van der Waals surface area contributed by atoms with Gasteiger partial charge < -0.3 is 19.8 Å². The van der Waals surface area contributed by atoms with E-state index in [0.29, 0.717) is 38.6 Å². The largest absolute Gasteiger partial charge is 0.444 e. The Bertz CT molecular complexity index is 403. The average Bonchev–Trinajstić information content (AvgIpc) is 2.40. The predicted molar refractivity (Wildman–Crippen MR) is 80.2 cm³/mol. The molecule has 2 rings (SSSR count). The van der Waals surface area contributed by atoms with Crippen LogP contribution >= 0.6 is 0 Å². The Morgan fingerprint density at radius 2 is 1.86 bits per heavy atom. The predicted octanol–water partition coefficient (Wildman–Crippen LogP) is 2.25. The van der Waals surface area contributed by atoms with Crippen LogP contribution in [-0.4, -0.2) is 57.8 Å². The Morgan fingerprint density at radius 3 is 2.36 bits per heavy atom. The smallest absolute Gasteiger partial charge is 0.410 e. The van der Waals surface area contributed by atoms with Gasteiger partial charge >= 0.3 is 6.09 Å². The summed E-state index contributed by atoms with van der Waals surface area (Å²) in [5.74, 6) is -0.102. The number of ether oxygens (including phenoxy) is 1. The van der Waals surface area contributed by atoms with E-state index in [1.54, 1.807) is 20.8 Å². The van der Waals surface area contributed by atoms with Crippen molar-refractivity contribution >= 4 is 6.09 Å². The Labute approximate surface area is 131 Å². The summed E-state index contributed by atoms with van der Waals surface area (Å²) in [4.78, 5) is 13.5. The molecule has 1 heterocycles. The maximum atomic E-state index is 13.3. The van der Waals surface area contributed by atoms with E-state index in [0.717, 1.165) is 0 Å². The van der Waals surface area contributed by atoms with Crippen LogP contribution in [0.3, 0.4) is 0 Å². The molecule has 22 heavy (non-hydrogen) atoms. The van der Waals surface area contributed by atoms with Crippen LogP contribution in [0.2, 0.25) is 0 Å². The van der Waals surface area contributed by atoms with E-state index in [1.807, 2.05) is 0 Å². The summed E-state index contributed by atoms with van der Waals surface area (Å²) in [5.41, 5.74) is -1.81. The highest BCUT2D eigenvalue weighted by Crippen LogP contribution is 2.40. The molecule has 0 aromatic rings. The van der Waals surface area contributed by atoms with Crippen LogP contribution in [0.4, 0.5) is 9.18 Å². The second-order valence-electron chi connectivity index (χ2n) is 7.63. The fourth-order valence-corrected chi connectivity index (χ4v) is 3.46. The van der Waals surface area contributed by atoms with Gasteiger partial charge in [0.25, 0.3) is 0 Å². The molecule has 128 valence electrons. The molecule has 0 bridgehead atoms. The molecule has 2 fully saturated rings. The fraction of sp³-hybridized carbons (Fsp3) is 0.938. The monoisotopic (exact) mass is 317 g/mol. The third-order valence-electron chi connectivity index (χ3n) is 4.77. The molecule has 5 nitrogen and oxygen atoms in total. The van der Waals surface area contributed by atoms with E-state index in [9.17, 15) is 19.4 Å². The molecule has 2 atom stereocenters. The van der Waals surface area contributed by atoms with Crippen LogP contribution in [0.5, 0.6) is 0 Å². The highest BCUT2D eigenvalue weighted by atomic mass is 19.1. The van der Waals surface area contributed by atoms with Crippen LogP contribution in [0.25, 0.3) is 0 Å². The van der Waals surface area contributed by atoms with Crippen molar-refractivity contribution in [3.05, 3.63) is 0 Å². The summed E-state index contributed by atoms with van der Waals surface area (Å²) in [7, 11) is 0. The van der Waals surface area contributed by atoms with Crippen molar-refractivity contribution < 1.29 is 24.1 Å². The minimum absolute atomic E-state index is 0.0565. The lowest BCUT2D eigenvalue weighted by Gasteiger charge is -2.47. The van der Waals surface area contributed by atoms with Crippen molar-refractivity contribution in [1.82, 2.24) is 4.90 Å². The molecule has 1 saturated heterocycles. The van der Waals surface area contributed by atoms with E-state index in [4.69, 9.17) is 4.74 Å². The summed E-state index contributed by atoms with van der Waals surface area (Å²) < 4.78 is 18.6. The lowest BCUT2D eigenvalue weighted by Crippen LogP contribution is -2.61. The number of carbonyl (C=O) groups is 1. The summed E-state index contributed by atoms with van der Waals surface area (Å²) in [5, 5.41) is 21.2. The van der Waals surface area contributed by atoms with Crippen LogP contribution in [0.1, 0.15) is 52.9 Å². The van der Waals surface area contributed by atoms with Crippen LogP contribution < -0.4 is 0 Å². The second-order valence-corrected chi connectivity index (χ2v) is 7.63. The fourth-order valence-electron chi connectivity index (χ4n) is 3.46. The van der Waals surface area contributed by atoms with Gasteiger partial charge in [0.15, 0.2) is 0 Å². The van der Waals surface area contributed by atoms with E-state index >= 15 is 0 Å². The van der Waals surface area contributed by atoms with Gasteiger partial charge in [-0.1, -0.05) is 0 Å². The number of rotatable bonds is 1. The molecule has 1 amide bonds. The Balaban J connectivity index is 1.96. The number of nitrogens with zero attached hydrogens (tertiary/aromatic N) is 1. The van der Waals surface area contributed by atoms with Gasteiger partial charge in [-0.2, -0.15) is 0 Å². The lowest BCUT2D eigenvalue weighted by molar-refractivity contribution is -0.157. The maximum Gasteiger partial charge on any atom is 0.410 e. The van der Waals surface area contributed by atoms with Crippen molar-refractivity contribution in [1.29, 1.82) is 0 Å². The van der Waals surface area contributed by atoms with Crippen molar-refractivity contribution in [2.45, 2.75) is 76.4 Å². The van der Waals surface area contributed by atoms with Crippen LogP contribution in [0.15, 0.2) is 0 Å². The molecule has 0 aromatic heterocycles. The van der Waals surface area contributed by atoms with Gasteiger partial charge in [-0.25, -0.2) is 9.18 Å². The zero-order valence-electron chi connectivity index (χ0n) is 13.7. The van der Waals surface area contributed by atoms with Gasteiger partial charge in [-0.15, -0.1) is 0 Å². The molecule has 6 heteroatoms. The summed E-state index contributed by atoms with van der Waals surface area (Å²) in [6.07, 6.45) is 0.0670. The van der Waals surface area contributed by atoms with Crippen LogP contribution in [-0.2, 0) is 4.74 Å². The molecule has 1 saturated carbocycles. The minimum Gasteiger partial charge on any atom is -0.444 e. The van der Waals surface area contributed by atoms with Gasteiger partial charge in [-0.05, 0) is 58.8 Å². The third kappa shape index (κ3) is 3.90. The number of alkyl halides is 1. The van der Waals surface area contributed by atoms with Crippen molar-refractivity contribution in [3.8, 4) is 0 Å². The van der Waals surface area contributed by atoms with Gasteiger partial charge in [0, 0.05) is 6.54 Å². The first-order chi connectivity index (χ1) is 10.1. The van der Waals surface area contributed by atoms with E-state index < -0.39 is 29.6 Å². The number of likely N-dealkylation sites (tertiary alicyclic amines) is 1. The van der Waals surface area contributed by atoms with E-state index in [1.165, 1.54) is 4.90 Å². The standard InChI is InChI=1S/C16H28FNO4/c1-15(2,3)22-14(20)18-9-8-16(21,13(19)10-18)11-4-6-12(17)7-5-11/h11-13,19,21H,4-10H2,1-3H3/t11?,12?,13-,16-/m0/s1. The molecule has 0 spiro atoms. The quantitative estimate of drug-likeness (QED) is 0.778. The van der Waals surface area contributed by atoms with E-state index in [2.05, 4.69) is 0 Å². The SMILES string of the molecule is CC(C)(C)OC(=O)N1CC[C@](O)(C2CCC(F)CC2)[C@@H](O)C1. The molecule has 2 aliphatic rings. The number of β-amino-alcohol motifs (C(OH)–C–C–N with tert-alkyl or cyclic N) is 1. The minimum atomic E-state index is -1.22. The third-order valence-corrected chi connectivity index (χ3v) is 4.77. The van der Waals surface area contributed by atoms with Gasteiger partial charge in [0.05, 0.1) is 12.1 Å². The highest BCUT2D eigenvalue weighted by Gasteiger charge is 2.48. The number of carbonyl (C=O) groups excluding carboxylic acids is 1. The first-order valence-corrected chi connectivity index (χ1v) is 8.14. The lowest BCUT2D eigenvalue weighted by atomic mass is 9.70. The molecule has 1 aliphatic heterocycles. The molecule has 0 unspecified atom stereocenters. The first kappa shape index (κ1) is 17.5. The number of aliphatic hydroxyl groups is 2. The number of piperidine rings is 1. The number of amides is 1. The number of aliphatic hydroxyl groups excluding tert-OH is 1. The maximum absolute atomic E-state index is 13.3. The second kappa shape index (κ2) is 6.32. The molecular formula is C16H28FNO4. The van der Waals surface area contributed by atoms with Gasteiger partial charge in [-0.3, -0.25) is 0 Å². The molecule has 0 radical (unpaired) electrons. The summed E-state index contributed by atoms with van der Waals surface area (Å²) >= 11 is 0.